The Labute approximate surface area is 111 Å². The summed E-state index contributed by atoms with van der Waals surface area (Å²) in [5.74, 6) is 1.07. The number of ether oxygens (including phenoxy) is 1. The van der Waals surface area contributed by atoms with E-state index in [9.17, 15) is 4.79 Å². The average Bonchev–Trinajstić information content (AvgIpc) is 2.89. The zero-order chi connectivity index (χ0) is 13.8. The van der Waals surface area contributed by atoms with Gasteiger partial charge in [0.15, 0.2) is 5.76 Å². The lowest BCUT2D eigenvalue weighted by Gasteiger charge is -2.09. The Bertz CT molecular complexity index is 590. The van der Waals surface area contributed by atoms with E-state index >= 15 is 0 Å². The second-order valence-electron chi connectivity index (χ2n) is 4.13. The number of carbonyl (C=O) groups is 1. The summed E-state index contributed by atoms with van der Waals surface area (Å²) in [5.41, 5.74) is 7.09. The fourth-order valence-electron chi connectivity index (χ4n) is 1.70. The Morgan fingerprint density at radius 3 is 2.79 bits per heavy atom. The summed E-state index contributed by atoms with van der Waals surface area (Å²) in [4.78, 5) is 12.0. The molecule has 0 saturated heterocycles. The number of hydrogen-bond donors (Lipinski definition) is 2. The summed E-state index contributed by atoms with van der Waals surface area (Å²) >= 11 is 0. The first-order valence-electron chi connectivity index (χ1n) is 5.89. The van der Waals surface area contributed by atoms with Crippen molar-refractivity contribution in [3.05, 3.63) is 47.4 Å². The number of carbonyl (C=O) groups excluding carboxylic acids is 1. The highest BCUT2D eigenvalue weighted by atomic mass is 16.5. The smallest absolute Gasteiger partial charge is 0.291 e. The van der Waals surface area contributed by atoms with Crippen molar-refractivity contribution in [1.29, 1.82) is 0 Å². The van der Waals surface area contributed by atoms with Crippen molar-refractivity contribution >= 4 is 11.6 Å². The topological polar surface area (TPSA) is 77.5 Å². The van der Waals surface area contributed by atoms with Crippen LogP contribution in [0.2, 0.25) is 0 Å². The number of amides is 1. The zero-order valence-electron chi connectivity index (χ0n) is 10.9. The van der Waals surface area contributed by atoms with Crippen LogP contribution >= 0.6 is 0 Å². The van der Waals surface area contributed by atoms with Gasteiger partial charge in [0.2, 0.25) is 0 Å². The standard InChI is InChI=1S/C14H16N2O3/c1-9-3-5-11(13(7-9)18-2)16-14(17)12-6-4-10(8-15)19-12/h3-7H,8,15H2,1-2H3,(H,16,17). The number of anilines is 1. The predicted octanol–water partition coefficient (Wildman–Crippen LogP) is 2.31. The SMILES string of the molecule is COc1cc(C)ccc1NC(=O)c1ccc(CN)o1. The van der Waals surface area contributed by atoms with E-state index in [1.54, 1.807) is 25.3 Å². The second kappa shape index (κ2) is 5.58. The minimum atomic E-state index is -0.332. The Balaban J connectivity index is 2.18. The van der Waals surface area contributed by atoms with Crippen LogP contribution in [0, 0.1) is 6.92 Å². The van der Waals surface area contributed by atoms with E-state index < -0.39 is 0 Å². The first-order valence-corrected chi connectivity index (χ1v) is 5.89. The van der Waals surface area contributed by atoms with Crippen molar-refractivity contribution < 1.29 is 13.9 Å². The monoisotopic (exact) mass is 260 g/mol. The van der Waals surface area contributed by atoms with E-state index in [1.165, 1.54) is 0 Å². The van der Waals surface area contributed by atoms with Gasteiger partial charge in [-0.3, -0.25) is 4.79 Å². The van der Waals surface area contributed by atoms with Gasteiger partial charge in [0.1, 0.15) is 11.5 Å². The molecule has 0 bridgehead atoms. The summed E-state index contributed by atoms with van der Waals surface area (Å²) in [6.07, 6.45) is 0. The van der Waals surface area contributed by atoms with Gasteiger partial charge in [0, 0.05) is 0 Å². The Morgan fingerprint density at radius 1 is 1.37 bits per heavy atom. The molecule has 1 heterocycles. The molecule has 0 radical (unpaired) electrons. The van der Waals surface area contributed by atoms with Crippen LogP contribution in [0.5, 0.6) is 5.75 Å². The van der Waals surface area contributed by atoms with Crippen LogP contribution in [-0.4, -0.2) is 13.0 Å². The molecule has 0 fully saturated rings. The third kappa shape index (κ3) is 2.95. The van der Waals surface area contributed by atoms with Gasteiger partial charge in [-0.05, 0) is 36.8 Å². The van der Waals surface area contributed by atoms with Crippen LogP contribution in [0.25, 0.3) is 0 Å². The first kappa shape index (κ1) is 13.2. The first-order chi connectivity index (χ1) is 9.13. The molecule has 2 aromatic rings. The van der Waals surface area contributed by atoms with Gasteiger partial charge in [-0.15, -0.1) is 0 Å². The van der Waals surface area contributed by atoms with Gasteiger partial charge in [-0.2, -0.15) is 0 Å². The van der Waals surface area contributed by atoms with Crippen molar-refractivity contribution in [3.63, 3.8) is 0 Å². The largest absolute Gasteiger partial charge is 0.495 e. The predicted molar refractivity (Wildman–Crippen MR) is 72.3 cm³/mol. The summed E-state index contributed by atoms with van der Waals surface area (Å²) < 4.78 is 10.5. The van der Waals surface area contributed by atoms with E-state index in [0.717, 1.165) is 5.56 Å². The molecule has 19 heavy (non-hydrogen) atoms. The summed E-state index contributed by atoms with van der Waals surface area (Å²) in [6.45, 7) is 2.22. The molecule has 3 N–H and O–H groups in total. The third-order valence-corrected chi connectivity index (χ3v) is 2.69. The molecule has 0 spiro atoms. The number of nitrogens with one attached hydrogen (secondary N) is 1. The number of furan rings is 1. The summed E-state index contributed by atoms with van der Waals surface area (Å²) in [6, 6.07) is 8.81. The molecule has 0 aliphatic rings. The normalized spacial score (nSPS) is 10.3. The molecule has 5 nitrogen and oxygen atoms in total. The Kier molecular flexibility index (Phi) is 3.87. The third-order valence-electron chi connectivity index (χ3n) is 2.69. The van der Waals surface area contributed by atoms with Gasteiger partial charge in [0.05, 0.1) is 19.3 Å². The minimum absolute atomic E-state index is 0.225. The van der Waals surface area contributed by atoms with E-state index in [0.29, 0.717) is 17.2 Å². The van der Waals surface area contributed by atoms with Crippen molar-refractivity contribution in [2.75, 3.05) is 12.4 Å². The van der Waals surface area contributed by atoms with E-state index in [1.807, 2.05) is 19.1 Å². The molecule has 1 amide bonds. The number of aryl methyl sites for hydroxylation is 1. The fourth-order valence-corrected chi connectivity index (χ4v) is 1.70. The molecule has 1 aromatic carbocycles. The zero-order valence-corrected chi connectivity index (χ0v) is 10.9. The van der Waals surface area contributed by atoms with Gasteiger partial charge in [-0.1, -0.05) is 6.07 Å². The van der Waals surface area contributed by atoms with E-state index in [-0.39, 0.29) is 18.2 Å². The maximum Gasteiger partial charge on any atom is 0.291 e. The molecule has 1 aromatic heterocycles. The lowest BCUT2D eigenvalue weighted by atomic mass is 10.2. The number of rotatable bonds is 4. The summed E-state index contributed by atoms with van der Waals surface area (Å²) in [5, 5.41) is 2.74. The van der Waals surface area contributed by atoms with Gasteiger partial charge >= 0.3 is 0 Å². The minimum Gasteiger partial charge on any atom is -0.495 e. The quantitative estimate of drug-likeness (QED) is 0.884. The van der Waals surface area contributed by atoms with Crippen molar-refractivity contribution in [2.24, 2.45) is 5.73 Å². The van der Waals surface area contributed by atoms with Gasteiger partial charge < -0.3 is 20.2 Å². The number of benzene rings is 1. The van der Waals surface area contributed by atoms with Gasteiger partial charge in [-0.25, -0.2) is 0 Å². The molecule has 0 unspecified atom stereocenters. The molecule has 0 aliphatic heterocycles. The van der Waals surface area contributed by atoms with Crippen LogP contribution in [0.1, 0.15) is 21.9 Å². The van der Waals surface area contributed by atoms with Crippen molar-refractivity contribution in [1.82, 2.24) is 0 Å². The highest BCUT2D eigenvalue weighted by Gasteiger charge is 2.13. The van der Waals surface area contributed by atoms with Crippen LogP contribution in [-0.2, 0) is 6.54 Å². The summed E-state index contributed by atoms with van der Waals surface area (Å²) in [7, 11) is 1.56. The van der Waals surface area contributed by atoms with Gasteiger partial charge in [0.25, 0.3) is 5.91 Å². The van der Waals surface area contributed by atoms with Crippen molar-refractivity contribution in [3.8, 4) is 5.75 Å². The average molecular weight is 260 g/mol. The molecule has 5 heteroatoms. The number of nitrogens with two attached hydrogens (primary N) is 1. The van der Waals surface area contributed by atoms with Crippen LogP contribution in [0.4, 0.5) is 5.69 Å². The maximum absolute atomic E-state index is 12.0. The lowest BCUT2D eigenvalue weighted by Crippen LogP contribution is -2.11. The van der Waals surface area contributed by atoms with Crippen LogP contribution in [0.15, 0.2) is 34.7 Å². The van der Waals surface area contributed by atoms with E-state index in [2.05, 4.69) is 5.32 Å². The number of hydrogen-bond acceptors (Lipinski definition) is 4. The molecule has 0 atom stereocenters. The molecular weight excluding hydrogens is 244 g/mol. The second-order valence-corrected chi connectivity index (χ2v) is 4.13. The Morgan fingerprint density at radius 2 is 2.16 bits per heavy atom. The maximum atomic E-state index is 12.0. The Hall–Kier alpha value is -2.27. The van der Waals surface area contributed by atoms with Crippen LogP contribution in [0.3, 0.4) is 0 Å². The number of methoxy groups -OCH3 is 1. The molecule has 0 saturated carbocycles. The van der Waals surface area contributed by atoms with Crippen molar-refractivity contribution in [2.45, 2.75) is 13.5 Å². The van der Waals surface area contributed by atoms with E-state index in [4.69, 9.17) is 14.9 Å². The fraction of sp³-hybridized carbons (Fsp3) is 0.214. The van der Waals surface area contributed by atoms with Crippen LogP contribution < -0.4 is 15.8 Å². The molecule has 2 rings (SSSR count). The molecule has 100 valence electrons. The molecular formula is C14H16N2O3. The highest BCUT2D eigenvalue weighted by molar-refractivity contribution is 6.03. The highest BCUT2D eigenvalue weighted by Crippen LogP contribution is 2.25. The lowest BCUT2D eigenvalue weighted by molar-refractivity contribution is 0.0994. The molecule has 0 aliphatic carbocycles.